The van der Waals surface area contributed by atoms with Gasteiger partial charge in [0.2, 0.25) is 11.8 Å². The first-order chi connectivity index (χ1) is 15.9. The van der Waals surface area contributed by atoms with Gasteiger partial charge in [0.15, 0.2) is 10.8 Å². The highest BCUT2D eigenvalue weighted by atomic mass is 32.1. The molecule has 4 rings (SSSR count). The molecule has 0 bridgehead atoms. The number of aryl methyl sites for hydroxylation is 2. The third-order valence-electron chi connectivity index (χ3n) is 5.20. The van der Waals surface area contributed by atoms with E-state index >= 15 is 0 Å². The molecule has 0 saturated heterocycles. The van der Waals surface area contributed by atoms with Crippen molar-refractivity contribution in [2.45, 2.75) is 33.6 Å². The molecule has 0 aliphatic carbocycles. The third kappa shape index (κ3) is 4.61. The maximum atomic E-state index is 13.2. The van der Waals surface area contributed by atoms with Crippen LogP contribution in [0, 0.1) is 5.82 Å². The molecular weight excluding hydrogens is 441 g/mol. The molecule has 0 fully saturated rings. The topological polar surface area (TPSA) is 71.9 Å². The molecule has 0 N–H and O–H groups in total. The Morgan fingerprint density at radius 3 is 2.39 bits per heavy atom. The number of cyclic esters (lactones) is 1. The van der Waals surface area contributed by atoms with Crippen LogP contribution in [-0.4, -0.2) is 22.8 Å². The number of para-hydroxylation sites is 1. The number of hydrogen-bond donors (Lipinski definition) is 0. The molecule has 33 heavy (non-hydrogen) atoms. The minimum Gasteiger partial charge on any atom is -0.402 e. The highest BCUT2D eigenvalue weighted by molar-refractivity contribution is 7.14. The summed E-state index contributed by atoms with van der Waals surface area (Å²) in [6.07, 6.45) is 3.08. The molecular formula is C25H22FN3O3S. The van der Waals surface area contributed by atoms with Crippen LogP contribution in [0.3, 0.4) is 0 Å². The number of carbonyl (C=O) groups excluding carboxylic acids is 2. The highest BCUT2D eigenvalue weighted by Gasteiger charge is 2.26. The Kier molecular flexibility index (Phi) is 6.46. The molecule has 168 valence electrons. The molecule has 1 aromatic heterocycles. The van der Waals surface area contributed by atoms with Crippen LogP contribution >= 0.6 is 11.3 Å². The van der Waals surface area contributed by atoms with Crippen LogP contribution in [0.5, 0.6) is 0 Å². The van der Waals surface area contributed by atoms with E-state index in [9.17, 15) is 14.0 Å². The molecule has 2 heterocycles. The zero-order valence-electron chi connectivity index (χ0n) is 18.5. The van der Waals surface area contributed by atoms with Crippen molar-refractivity contribution in [3.8, 4) is 0 Å². The minimum atomic E-state index is -0.614. The fraction of sp³-hybridized carbons (Fsp3) is 0.200. The fourth-order valence-electron chi connectivity index (χ4n) is 3.60. The summed E-state index contributed by atoms with van der Waals surface area (Å²) in [5, 5.41) is 2.27. The maximum absolute atomic E-state index is 13.2. The zero-order chi connectivity index (χ0) is 23.5. The number of anilines is 2. The molecule has 1 aliphatic rings. The molecule has 0 spiro atoms. The Bertz CT molecular complexity index is 1260. The second-order valence-corrected chi connectivity index (χ2v) is 8.22. The third-order valence-corrected chi connectivity index (χ3v) is 6.04. The van der Waals surface area contributed by atoms with Gasteiger partial charge in [0.1, 0.15) is 5.82 Å². The van der Waals surface area contributed by atoms with Gasteiger partial charge < -0.3 is 4.74 Å². The van der Waals surface area contributed by atoms with Crippen LogP contribution in [0.4, 0.5) is 15.2 Å². The van der Waals surface area contributed by atoms with Gasteiger partial charge >= 0.3 is 5.97 Å². The van der Waals surface area contributed by atoms with Crippen LogP contribution in [0.2, 0.25) is 0 Å². The van der Waals surface area contributed by atoms with E-state index < -0.39 is 5.97 Å². The molecule has 0 saturated carbocycles. The lowest BCUT2D eigenvalue weighted by molar-refractivity contribution is -0.130. The van der Waals surface area contributed by atoms with Crippen molar-refractivity contribution in [2.24, 2.45) is 4.99 Å². The summed E-state index contributed by atoms with van der Waals surface area (Å²) in [5.41, 5.74) is 4.06. The van der Waals surface area contributed by atoms with E-state index in [0.29, 0.717) is 16.4 Å². The van der Waals surface area contributed by atoms with Gasteiger partial charge in [0, 0.05) is 17.9 Å². The number of aromatic nitrogens is 1. The smallest absolute Gasteiger partial charge is 0.363 e. The summed E-state index contributed by atoms with van der Waals surface area (Å²) < 4.78 is 18.4. The van der Waals surface area contributed by atoms with E-state index in [1.165, 1.54) is 48.6 Å². The molecule has 1 aliphatic heterocycles. The molecule has 6 nitrogen and oxygen atoms in total. The lowest BCUT2D eigenvalue weighted by atomic mass is 10.0. The largest absolute Gasteiger partial charge is 0.402 e. The first kappa shape index (κ1) is 22.5. The van der Waals surface area contributed by atoms with Gasteiger partial charge in [-0.3, -0.25) is 9.69 Å². The van der Waals surface area contributed by atoms with Crippen LogP contribution in [-0.2, 0) is 27.2 Å². The molecule has 0 unspecified atom stereocenters. The van der Waals surface area contributed by atoms with Crippen molar-refractivity contribution in [3.05, 3.63) is 81.7 Å². The number of ether oxygens (including phenoxy) is 1. The standard InChI is InChI=1S/C25H22FN3O3S/c1-4-16-7-6-8-17(5-2)22(16)29(15(3)30)25-27-20(14-33-25)13-21-24(31)32-23(28-21)18-9-11-19(26)12-10-18/h6-14H,4-5H2,1-3H3/b21-13-. The van der Waals surface area contributed by atoms with Crippen molar-refractivity contribution < 1.29 is 18.7 Å². The number of amides is 1. The monoisotopic (exact) mass is 463 g/mol. The predicted octanol–water partition coefficient (Wildman–Crippen LogP) is 5.44. The second-order valence-electron chi connectivity index (χ2n) is 7.38. The highest BCUT2D eigenvalue weighted by Crippen LogP contribution is 2.35. The predicted molar refractivity (Wildman–Crippen MR) is 127 cm³/mol. The first-order valence-electron chi connectivity index (χ1n) is 10.6. The van der Waals surface area contributed by atoms with E-state index in [-0.39, 0.29) is 23.3 Å². The SMILES string of the molecule is CCc1cccc(CC)c1N(C(C)=O)c1nc(/C=C2\N=C(c3ccc(F)cc3)OC2=O)cs1. The molecule has 0 radical (unpaired) electrons. The molecule has 2 aromatic carbocycles. The Balaban J connectivity index is 1.68. The van der Waals surface area contributed by atoms with Crippen molar-refractivity contribution in [1.29, 1.82) is 0 Å². The fourth-order valence-corrected chi connectivity index (χ4v) is 4.43. The summed E-state index contributed by atoms with van der Waals surface area (Å²) >= 11 is 1.31. The van der Waals surface area contributed by atoms with Gasteiger partial charge in [0.25, 0.3) is 0 Å². The van der Waals surface area contributed by atoms with Gasteiger partial charge in [-0.15, -0.1) is 11.3 Å². The first-order valence-corrected chi connectivity index (χ1v) is 11.4. The lowest BCUT2D eigenvalue weighted by Gasteiger charge is -2.24. The van der Waals surface area contributed by atoms with Gasteiger partial charge in [-0.2, -0.15) is 0 Å². The average molecular weight is 464 g/mol. The van der Waals surface area contributed by atoms with E-state index in [0.717, 1.165) is 29.7 Å². The summed E-state index contributed by atoms with van der Waals surface area (Å²) in [7, 11) is 0. The minimum absolute atomic E-state index is 0.0868. The van der Waals surface area contributed by atoms with E-state index in [4.69, 9.17) is 4.74 Å². The summed E-state index contributed by atoms with van der Waals surface area (Å²) in [6.45, 7) is 5.62. The number of carbonyl (C=O) groups is 2. The Morgan fingerprint density at radius 1 is 1.12 bits per heavy atom. The quantitative estimate of drug-likeness (QED) is 0.361. The number of rotatable bonds is 6. The average Bonchev–Trinajstić information content (AvgIpc) is 3.41. The maximum Gasteiger partial charge on any atom is 0.363 e. The summed E-state index contributed by atoms with van der Waals surface area (Å²) in [5.74, 6) is -1.04. The number of hydrogen-bond acceptors (Lipinski definition) is 6. The number of thiazole rings is 1. The Hall–Kier alpha value is -3.65. The van der Waals surface area contributed by atoms with Crippen LogP contribution in [0.25, 0.3) is 6.08 Å². The zero-order valence-corrected chi connectivity index (χ0v) is 19.3. The molecule has 0 atom stereocenters. The number of halogens is 1. The van der Waals surface area contributed by atoms with Gasteiger partial charge in [0.05, 0.1) is 11.4 Å². The van der Waals surface area contributed by atoms with Crippen LogP contribution < -0.4 is 4.90 Å². The number of esters is 1. The summed E-state index contributed by atoms with van der Waals surface area (Å²) in [6, 6.07) is 11.6. The van der Waals surface area contributed by atoms with E-state index in [1.807, 2.05) is 18.2 Å². The lowest BCUT2D eigenvalue weighted by Crippen LogP contribution is -2.25. The van der Waals surface area contributed by atoms with Crippen molar-refractivity contribution in [2.75, 3.05) is 4.90 Å². The molecule has 8 heteroatoms. The van der Waals surface area contributed by atoms with Crippen molar-refractivity contribution in [1.82, 2.24) is 4.98 Å². The number of benzene rings is 2. The Labute approximate surface area is 195 Å². The van der Waals surface area contributed by atoms with Crippen molar-refractivity contribution >= 4 is 46.0 Å². The van der Waals surface area contributed by atoms with Crippen LogP contribution in [0.1, 0.15) is 43.2 Å². The van der Waals surface area contributed by atoms with E-state index in [1.54, 1.807) is 10.3 Å². The number of aliphatic imine (C=N–C) groups is 1. The normalized spacial score (nSPS) is 14.4. The van der Waals surface area contributed by atoms with Gasteiger partial charge in [-0.1, -0.05) is 32.0 Å². The van der Waals surface area contributed by atoms with Gasteiger partial charge in [-0.25, -0.2) is 19.2 Å². The van der Waals surface area contributed by atoms with E-state index in [2.05, 4.69) is 23.8 Å². The van der Waals surface area contributed by atoms with Crippen molar-refractivity contribution in [3.63, 3.8) is 0 Å². The van der Waals surface area contributed by atoms with Crippen LogP contribution in [0.15, 0.2) is 58.5 Å². The Morgan fingerprint density at radius 2 is 1.79 bits per heavy atom. The summed E-state index contributed by atoms with van der Waals surface area (Å²) in [4.78, 5) is 35.4. The number of nitrogens with zero attached hydrogens (tertiary/aromatic N) is 3. The second kappa shape index (κ2) is 9.46. The van der Waals surface area contributed by atoms with Gasteiger partial charge in [-0.05, 0) is 54.3 Å². The molecule has 3 aromatic rings. The molecule has 1 amide bonds.